The van der Waals surface area contributed by atoms with Crippen molar-refractivity contribution in [2.24, 2.45) is 5.92 Å². The Morgan fingerprint density at radius 3 is 2.10 bits per heavy atom. The van der Waals surface area contributed by atoms with Crippen LogP contribution in [0.1, 0.15) is 42.5 Å². The third-order valence-corrected chi connectivity index (χ3v) is 2.89. The van der Waals surface area contributed by atoms with Crippen molar-refractivity contribution in [2.45, 2.75) is 47.1 Å². The lowest BCUT2D eigenvalue weighted by atomic mass is 9.99. The van der Waals surface area contributed by atoms with Crippen molar-refractivity contribution < 1.29 is 17.2 Å². The zero-order chi connectivity index (χ0) is 16.6. The van der Waals surface area contributed by atoms with E-state index in [1.165, 1.54) is 19.0 Å². The van der Waals surface area contributed by atoms with Crippen LogP contribution in [0.2, 0.25) is 0 Å². The van der Waals surface area contributed by atoms with Crippen molar-refractivity contribution >= 4 is 0 Å². The van der Waals surface area contributed by atoms with Gasteiger partial charge in [0, 0.05) is 8.47 Å². The molecule has 0 aromatic rings. The molecule has 0 saturated carbocycles. The summed E-state index contributed by atoms with van der Waals surface area (Å²) in [7, 11) is 3.49. The Kier molecular flexibility index (Phi) is 29.2. The SMILES string of the molecule is C=C/C=C(\C)C(C)CCNC.CC.CC(CO)N(C)O.O.[HH]. The molecule has 2 unspecified atom stereocenters. The minimum atomic E-state index is -0.153. The standard InChI is InChI=1S/C10H19N.C4H11NO2.C2H6.H2O.H2/c1-5-6-9(2)10(3)7-8-11-4;1-4(3-6)5(2)7;1-2;;/h5-6,10-11H,1,7-8H2,2-4H3;4,6-7H,3H2,1-2H3;1-2H3;1H2;1H/b9-6+;;;;. The molecular formula is C16H40N2O3. The summed E-state index contributed by atoms with van der Waals surface area (Å²) < 4.78 is 0. The van der Waals surface area contributed by atoms with E-state index in [9.17, 15) is 0 Å². The van der Waals surface area contributed by atoms with Crippen LogP contribution in [-0.4, -0.2) is 54.1 Å². The van der Waals surface area contributed by atoms with Crippen LogP contribution in [-0.2, 0) is 0 Å². The maximum Gasteiger partial charge on any atom is 0.0607 e. The Morgan fingerprint density at radius 2 is 1.86 bits per heavy atom. The highest BCUT2D eigenvalue weighted by Gasteiger charge is 2.01. The van der Waals surface area contributed by atoms with E-state index < -0.39 is 0 Å². The largest absolute Gasteiger partial charge is 0.412 e. The van der Waals surface area contributed by atoms with Crippen molar-refractivity contribution in [1.29, 1.82) is 0 Å². The van der Waals surface area contributed by atoms with E-state index in [0.29, 0.717) is 5.92 Å². The number of nitrogens with zero attached hydrogens (tertiary/aromatic N) is 1. The molecule has 0 aliphatic heterocycles. The van der Waals surface area contributed by atoms with E-state index >= 15 is 0 Å². The van der Waals surface area contributed by atoms with Crippen LogP contribution in [0.3, 0.4) is 0 Å². The normalized spacial score (nSPS) is 13.0. The number of hydroxylamine groups is 2. The number of rotatable bonds is 7. The van der Waals surface area contributed by atoms with Crippen molar-refractivity contribution in [3.8, 4) is 0 Å². The van der Waals surface area contributed by atoms with E-state index in [-0.39, 0.29) is 19.6 Å². The monoisotopic (exact) mass is 308 g/mol. The highest BCUT2D eigenvalue weighted by atomic mass is 16.5. The average Bonchev–Trinajstić information content (AvgIpc) is 2.46. The first-order valence-corrected chi connectivity index (χ1v) is 7.37. The molecule has 0 aliphatic carbocycles. The third-order valence-electron chi connectivity index (χ3n) is 2.89. The van der Waals surface area contributed by atoms with E-state index in [0.717, 1.165) is 11.6 Å². The number of hydrogen-bond acceptors (Lipinski definition) is 4. The first kappa shape index (κ1) is 28.4. The topological polar surface area (TPSA) is 87.2 Å². The summed E-state index contributed by atoms with van der Waals surface area (Å²) in [5.74, 6) is 0.667. The molecule has 0 aromatic heterocycles. The molecule has 0 spiro atoms. The van der Waals surface area contributed by atoms with Gasteiger partial charge < -0.3 is 21.1 Å². The molecule has 0 rings (SSSR count). The number of hydrogen-bond donors (Lipinski definition) is 3. The summed E-state index contributed by atoms with van der Waals surface area (Å²) in [5, 5.41) is 20.9. The fourth-order valence-electron chi connectivity index (χ4n) is 1.06. The van der Waals surface area contributed by atoms with Crippen LogP contribution in [0.15, 0.2) is 24.3 Å². The van der Waals surface area contributed by atoms with E-state index in [1.807, 2.05) is 27.0 Å². The summed E-state index contributed by atoms with van der Waals surface area (Å²) in [4.78, 5) is 0. The number of likely N-dealkylation sites (N-methyl/N-ethyl adjacent to an activating group) is 1. The minimum absolute atomic E-state index is 0. The van der Waals surface area contributed by atoms with Gasteiger partial charge in [0.25, 0.3) is 0 Å². The molecule has 0 fully saturated rings. The van der Waals surface area contributed by atoms with Gasteiger partial charge >= 0.3 is 0 Å². The molecule has 21 heavy (non-hydrogen) atoms. The Hall–Kier alpha value is -0.720. The van der Waals surface area contributed by atoms with Gasteiger partial charge in [0.1, 0.15) is 0 Å². The second-order valence-corrected chi connectivity index (χ2v) is 4.54. The number of nitrogens with one attached hydrogen (secondary N) is 1. The molecule has 0 aromatic carbocycles. The second kappa shape index (κ2) is 21.6. The summed E-state index contributed by atoms with van der Waals surface area (Å²) >= 11 is 0. The van der Waals surface area contributed by atoms with Crippen LogP contribution in [0.4, 0.5) is 0 Å². The minimum Gasteiger partial charge on any atom is -0.412 e. The van der Waals surface area contributed by atoms with Gasteiger partial charge in [-0.3, -0.25) is 0 Å². The Labute approximate surface area is 133 Å². The molecule has 0 bridgehead atoms. The maximum absolute atomic E-state index is 8.49. The predicted molar refractivity (Wildman–Crippen MR) is 94.8 cm³/mol. The molecule has 0 amide bonds. The van der Waals surface area contributed by atoms with Crippen molar-refractivity contribution in [1.82, 2.24) is 10.4 Å². The molecule has 5 heteroatoms. The fourth-order valence-corrected chi connectivity index (χ4v) is 1.06. The van der Waals surface area contributed by atoms with Crippen LogP contribution >= 0.6 is 0 Å². The first-order chi connectivity index (χ1) is 9.40. The molecule has 5 nitrogen and oxygen atoms in total. The number of aliphatic hydroxyl groups is 1. The molecule has 0 heterocycles. The van der Waals surface area contributed by atoms with Crippen molar-refractivity contribution in [3.63, 3.8) is 0 Å². The summed E-state index contributed by atoms with van der Waals surface area (Å²) in [6.45, 7) is 14.9. The van der Waals surface area contributed by atoms with Gasteiger partial charge in [-0.2, -0.15) is 5.06 Å². The second-order valence-electron chi connectivity index (χ2n) is 4.54. The average molecular weight is 309 g/mol. The first-order valence-electron chi connectivity index (χ1n) is 7.37. The Morgan fingerprint density at radius 1 is 1.38 bits per heavy atom. The van der Waals surface area contributed by atoms with Gasteiger partial charge in [-0.15, -0.1) is 0 Å². The van der Waals surface area contributed by atoms with Crippen LogP contribution < -0.4 is 5.32 Å². The quantitative estimate of drug-likeness (QED) is 0.498. The lowest BCUT2D eigenvalue weighted by molar-refractivity contribution is -0.108. The van der Waals surface area contributed by atoms with Crippen LogP contribution in [0, 0.1) is 5.92 Å². The van der Waals surface area contributed by atoms with Gasteiger partial charge in [0.05, 0.1) is 12.6 Å². The third kappa shape index (κ3) is 21.7. The highest BCUT2D eigenvalue weighted by molar-refractivity contribution is 5.10. The summed E-state index contributed by atoms with van der Waals surface area (Å²) in [6, 6.07) is -0.153. The van der Waals surface area contributed by atoms with Gasteiger partial charge in [0.2, 0.25) is 0 Å². The number of aliphatic hydroxyl groups excluding tert-OH is 1. The van der Waals surface area contributed by atoms with Gasteiger partial charge in [-0.1, -0.05) is 45.1 Å². The van der Waals surface area contributed by atoms with Gasteiger partial charge in [-0.05, 0) is 39.8 Å². The van der Waals surface area contributed by atoms with Crippen LogP contribution in [0.5, 0.6) is 0 Å². The zero-order valence-corrected chi connectivity index (χ0v) is 15.0. The molecule has 0 aliphatic rings. The van der Waals surface area contributed by atoms with Gasteiger partial charge in [0.15, 0.2) is 0 Å². The van der Waals surface area contributed by atoms with E-state index in [1.54, 1.807) is 6.92 Å². The summed E-state index contributed by atoms with van der Waals surface area (Å²) in [5.41, 5.74) is 1.41. The van der Waals surface area contributed by atoms with Crippen LogP contribution in [0.25, 0.3) is 0 Å². The molecule has 2 atom stereocenters. The Balaban J connectivity index is -0.0000000770. The summed E-state index contributed by atoms with van der Waals surface area (Å²) in [6.07, 6.45) is 5.14. The van der Waals surface area contributed by atoms with E-state index in [2.05, 4.69) is 31.8 Å². The molecule has 5 N–H and O–H groups in total. The maximum atomic E-state index is 8.49. The van der Waals surface area contributed by atoms with Crippen molar-refractivity contribution in [2.75, 3.05) is 27.2 Å². The smallest absolute Gasteiger partial charge is 0.0607 e. The molecule has 0 saturated heterocycles. The molecule has 132 valence electrons. The predicted octanol–water partition coefficient (Wildman–Crippen LogP) is 2.50. The lowest BCUT2D eigenvalue weighted by Gasteiger charge is -2.13. The van der Waals surface area contributed by atoms with E-state index in [4.69, 9.17) is 10.3 Å². The molecule has 0 radical (unpaired) electrons. The van der Waals surface area contributed by atoms with Gasteiger partial charge in [-0.25, -0.2) is 0 Å². The Bertz CT molecular complexity index is 237. The lowest BCUT2D eigenvalue weighted by Crippen LogP contribution is -2.28. The molecular weight excluding hydrogens is 268 g/mol. The zero-order valence-electron chi connectivity index (χ0n) is 15.0. The van der Waals surface area contributed by atoms with Crippen molar-refractivity contribution in [3.05, 3.63) is 24.3 Å². The fraction of sp³-hybridized carbons (Fsp3) is 0.750. The number of allylic oxidation sites excluding steroid dienone is 3. The highest BCUT2D eigenvalue weighted by Crippen LogP contribution is 2.12.